The first kappa shape index (κ1) is 20.6. The van der Waals surface area contributed by atoms with Crippen molar-refractivity contribution in [3.05, 3.63) is 29.3 Å². The summed E-state index contributed by atoms with van der Waals surface area (Å²) in [4.78, 5) is 14.5. The van der Waals surface area contributed by atoms with Crippen LogP contribution in [0.25, 0.3) is 11.4 Å². The van der Waals surface area contributed by atoms with E-state index in [1.54, 1.807) is 6.07 Å². The van der Waals surface area contributed by atoms with Gasteiger partial charge in [-0.2, -0.15) is 0 Å². The molecule has 2 rings (SSSR count). The quantitative estimate of drug-likeness (QED) is 0.546. The lowest BCUT2D eigenvalue weighted by atomic mass is 10.1. The molecule has 2 N–H and O–H groups in total. The molecule has 2 aromatic rings. The minimum absolute atomic E-state index is 0.0830. The molecule has 1 aromatic heterocycles. The number of amides is 1. The number of hydrogen-bond donors (Lipinski definition) is 1. The molecule has 0 aliphatic heterocycles. The van der Waals surface area contributed by atoms with Crippen molar-refractivity contribution < 1.29 is 4.79 Å². The summed E-state index contributed by atoms with van der Waals surface area (Å²) in [7, 11) is 0. The van der Waals surface area contributed by atoms with Crippen molar-refractivity contribution in [2.75, 3.05) is 24.7 Å². The van der Waals surface area contributed by atoms with Gasteiger partial charge >= 0.3 is 0 Å². The number of nitrogens with zero attached hydrogens (tertiary/aromatic N) is 4. The summed E-state index contributed by atoms with van der Waals surface area (Å²) in [5, 5.41) is 9.28. The van der Waals surface area contributed by atoms with Gasteiger partial charge in [-0.15, -0.1) is 10.2 Å². The average Bonchev–Trinajstić information content (AvgIpc) is 2.92. The fourth-order valence-electron chi connectivity index (χ4n) is 2.58. The zero-order valence-electron chi connectivity index (χ0n) is 15.6. The van der Waals surface area contributed by atoms with E-state index in [9.17, 15) is 4.79 Å². The fraction of sp³-hybridized carbons (Fsp3) is 0.500. The highest BCUT2D eigenvalue weighted by atomic mass is 35.5. The maximum Gasteiger partial charge on any atom is 0.233 e. The number of nitrogen functional groups attached to an aromatic ring is 1. The van der Waals surface area contributed by atoms with Crippen molar-refractivity contribution in [3.8, 4) is 11.4 Å². The van der Waals surface area contributed by atoms with Gasteiger partial charge in [0.2, 0.25) is 11.1 Å². The van der Waals surface area contributed by atoms with Crippen LogP contribution in [0.15, 0.2) is 29.4 Å². The minimum atomic E-state index is 0.0830. The van der Waals surface area contributed by atoms with Crippen LogP contribution in [-0.2, 0) is 4.79 Å². The lowest BCUT2D eigenvalue weighted by molar-refractivity contribution is -0.129. The first-order chi connectivity index (χ1) is 12.3. The second-order valence-electron chi connectivity index (χ2n) is 7.03. The molecule has 0 spiro atoms. The zero-order valence-corrected chi connectivity index (χ0v) is 17.2. The Morgan fingerprint density at radius 1 is 1.19 bits per heavy atom. The molecule has 1 amide bonds. The van der Waals surface area contributed by atoms with Crippen LogP contribution in [0.1, 0.15) is 27.7 Å². The third kappa shape index (κ3) is 5.38. The van der Waals surface area contributed by atoms with Gasteiger partial charge in [0.05, 0.1) is 10.8 Å². The summed E-state index contributed by atoms with van der Waals surface area (Å²) < 4.78 is 1.38. The van der Waals surface area contributed by atoms with E-state index >= 15 is 0 Å². The molecule has 0 saturated heterocycles. The molecule has 0 saturated carbocycles. The molecule has 0 fully saturated rings. The van der Waals surface area contributed by atoms with Crippen LogP contribution in [0.3, 0.4) is 0 Å². The second-order valence-corrected chi connectivity index (χ2v) is 8.38. The van der Waals surface area contributed by atoms with Crippen molar-refractivity contribution in [1.29, 1.82) is 0 Å². The SMILES string of the molecule is CC(C)CN(CC(C)C)C(=O)CSc1nnc(-c2ccccc2Cl)n1N. The number of halogens is 1. The summed E-state index contributed by atoms with van der Waals surface area (Å²) in [6.07, 6.45) is 0. The molecule has 142 valence electrons. The van der Waals surface area contributed by atoms with Crippen molar-refractivity contribution in [1.82, 2.24) is 19.8 Å². The predicted octanol–water partition coefficient (Wildman–Crippen LogP) is 3.55. The Morgan fingerprint density at radius 2 is 1.81 bits per heavy atom. The van der Waals surface area contributed by atoms with E-state index < -0.39 is 0 Å². The van der Waals surface area contributed by atoms with Crippen molar-refractivity contribution in [3.63, 3.8) is 0 Å². The van der Waals surface area contributed by atoms with Crippen LogP contribution >= 0.6 is 23.4 Å². The predicted molar refractivity (Wildman–Crippen MR) is 108 cm³/mol. The van der Waals surface area contributed by atoms with Crippen LogP contribution in [0, 0.1) is 11.8 Å². The summed E-state index contributed by atoms with van der Waals surface area (Å²) in [5.41, 5.74) is 0.712. The molecular formula is C18H26ClN5OS. The van der Waals surface area contributed by atoms with Crippen LogP contribution in [0.5, 0.6) is 0 Å². The Balaban J connectivity index is 2.07. The Kier molecular flexibility index (Phi) is 7.34. The van der Waals surface area contributed by atoms with Gasteiger partial charge in [-0.3, -0.25) is 4.79 Å². The largest absolute Gasteiger partial charge is 0.341 e. The van der Waals surface area contributed by atoms with E-state index in [1.807, 2.05) is 23.1 Å². The summed E-state index contributed by atoms with van der Waals surface area (Å²) >= 11 is 7.49. The zero-order chi connectivity index (χ0) is 19.3. The van der Waals surface area contributed by atoms with Crippen LogP contribution in [0.2, 0.25) is 5.02 Å². The highest BCUT2D eigenvalue weighted by Gasteiger charge is 2.19. The number of benzene rings is 1. The number of carbonyl (C=O) groups excluding carboxylic acids is 1. The number of thioether (sulfide) groups is 1. The molecule has 1 heterocycles. The molecule has 8 heteroatoms. The van der Waals surface area contributed by atoms with Gasteiger partial charge in [0.25, 0.3) is 0 Å². The number of aromatic nitrogens is 3. The van der Waals surface area contributed by atoms with Crippen LogP contribution < -0.4 is 5.84 Å². The number of hydrogen-bond acceptors (Lipinski definition) is 5. The van der Waals surface area contributed by atoms with Crippen LogP contribution in [-0.4, -0.2) is 44.5 Å². The van der Waals surface area contributed by atoms with E-state index in [4.69, 9.17) is 17.4 Å². The summed E-state index contributed by atoms with van der Waals surface area (Å²) in [6, 6.07) is 7.32. The van der Waals surface area contributed by atoms with E-state index in [0.29, 0.717) is 33.4 Å². The lowest BCUT2D eigenvalue weighted by Crippen LogP contribution is -2.38. The highest BCUT2D eigenvalue weighted by Crippen LogP contribution is 2.27. The van der Waals surface area contributed by atoms with Gasteiger partial charge in [-0.05, 0) is 24.0 Å². The van der Waals surface area contributed by atoms with Gasteiger partial charge in [-0.1, -0.05) is 63.2 Å². The lowest BCUT2D eigenvalue weighted by Gasteiger charge is -2.26. The molecule has 0 unspecified atom stereocenters. The van der Waals surface area contributed by atoms with Gasteiger partial charge < -0.3 is 10.7 Å². The van der Waals surface area contributed by atoms with E-state index in [-0.39, 0.29) is 11.7 Å². The molecular weight excluding hydrogens is 370 g/mol. The normalized spacial score (nSPS) is 11.3. The van der Waals surface area contributed by atoms with Gasteiger partial charge in [0.15, 0.2) is 5.82 Å². The number of carbonyl (C=O) groups is 1. The van der Waals surface area contributed by atoms with Crippen molar-refractivity contribution >= 4 is 29.3 Å². The first-order valence-electron chi connectivity index (χ1n) is 8.65. The Labute approximate surface area is 164 Å². The molecule has 1 aromatic carbocycles. The fourth-order valence-corrected chi connectivity index (χ4v) is 3.56. The first-order valence-corrected chi connectivity index (χ1v) is 10.0. The number of nitrogens with two attached hydrogens (primary N) is 1. The molecule has 0 aliphatic rings. The Morgan fingerprint density at radius 3 is 2.38 bits per heavy atom. The molecule has 0 atom stereocenters. The smallest absolute Gasteiger partial charge is 0.233 e. The summed E-state index contributed by atoms with van der Waals surface area (Å²) in [5.74, 6) is 7.80. The van der Waals surface area contributed by atoms with E-state index in [1.165, 1.54) is 16.4 Å². The Hall–Kier alpha value is -1.73. The maximum atomic E-state index is 12.6. The monoisotopic (exact) mass is 395 g/mol. The maximum absolute atomic E-state index is 12.6. The number of rotatable bonds is 8. The minimum Gasteiger partial charge on any atom is -0.341 e. The van der Waals surface area contributed by atoms with E-state index in [2.05, 4.69) is 37.9 Å². The third-order valence-electron chi connectivity index (χ3n) is 3.63. The highest BCUT2D eigenvalue weighted by molar-refractivity contribution is 7.99. The molecule has 6 nitrogen and oxygen atoms in total. The molecule has 26 heavy (non-hydrogen) atoms. The van der Waals surface area contributed by atoms with Crippen molar-refractivity contribution in [2.45, 2.75) is 32.9 Å². The van der Waals surface area contributed by atoms with Crippen molar-refractivity contribution in [2.24, 2.45) is 11.8 Å². The van der Waals surface area contributed by atoms with Gasteiger partial charge in [0.1, 0.15) is 0 Å². The Bertz CT molecular complexity index is 737. The van der Waals surface area contributed by atoms with Gasteiger partial charge in [-0.25, -0.2) is 4.68 Å². The second kappa shape index (κ2) is 9.28. The summed E-state index contributed by atoms with van der Waals surface area (Å²) in [6.45, 7) is 9.94. The molecule has 0 bridgehead atoms. The molecule has 0 radical (unpaired) electrons. The van der Waals surface area contributed by atoms with Crippen LogP contribution in [0.4, 0.5) is 0 Å². The topological polar surface area (TPSA) is 77.0 Å². The van der Waals surface area contributed by atoms with Gasteiger partial charge in [0, 0.05) is 18.7 Å². The third-order valence-corrected chi connectivity index (χ3v) is 4.89. The average molecular weight is 396 g/mol. The molecule has 0 aliphatic carbocycles. The standard InChI is InChI=1S/C18H26ClN5OS/c1-12(2)9-23(10-13(3)4)16(25)11-26-18-22-21-17(24(18)20)14-7-5-6-8-15(14)19/h5-8,12-13H,9-11,20H2,1-4H3. The van der Waals surface area contributed by atoms with E-state index in [0.717, 1.165) is 13.1 Å².